The molecule has 6 nitrogen and oxygen atoms in total. The summed E-state index contributed by atoms with van der Waals surface area (Å²) in [5.41, 5.74) is 4.67. The van der Waals surface area contributed by atoms with Crippen molar-refractivity contribution in [3.8, 4) is 0 Å². The Labute approximate surface area is 184 Å². The number of likely N-dealkylation sites (tertiary alicyclic amines) is 1. The predicted molar refractivity (Wildman–Crippen MR) is 121 cm³/mol. The normalized spacial score (nSPS) is 18.3. The smallest absolute Gasteiger partial charge is 0.410 e. The molecule has 164 valence electrons. The van der Waals surface area contributed by atoms with Gasteiger partial charge in [0.25, 0.3) is 5.91 Å². The summed E-state index contributed by atoms with van der Waals surface area (Å²) >= 11 is 0. The van der Waals surface area contributed by atoms with E-state index < -0.39 is 5.60 Å². The fourth-order valence-electron chi connectivity index (χ4n) is 4.12. The summed E-state index contributed by atoms with van der Waals surface area (Å²) in [6.45, 7) is 10.2. The number of rotatable bonds is 4. The molecule has 2 aromatic carbocycles. The third-order valence-electron chi connectivity index (χ3n) is 5.69. The monoisotopic (exact) mass is 421 g/mol. The lowest BCUT2D eigenvalue weighted by atomic mass is 10.1. The Balaban J connectivity index is 1.36. The van der Waals surface area contributed by atoms with Crippen LogP contribution >= 0.6 is 0 Å². The minimum atomic E-state index is -0.487. The van der Waals surface area contributed by atoms with Crippen LogP contribution in [0.5, 0.6) is 0 Å². The van der Waals surface area contributed by atoms with Crippen LogP contribution in [0.3, 0.4) is 0 Å². The molecule has 0 bridgehead atoms. The zero-order valence-electron chi connectivity index (χ0n) is 18.8. The van der Waals surface area contributed by atoms with Gasteiger partial charge in [0.1, 0.15) is 5.60 Å². The lowest BCUT2D eigenvalue weighted by molar-refractivity contribution is 0.0293. The molecule has 0 spiro atoms. The highest BCUT2D eigenvalue weighted by atomic mass is 16.6. The Morgan fingerprint density at radius 1 is 1.16 bits per heavy atom. The van der Waals surface area contributed by atoms with Crippen LogP contribution in [0.1, 0.15) is 54.2 Å². The lowest BCUT2D eigenvalue weighted by Gasteiger charge is -2.24. The fourth-order valence-corrected chi connectivity index (χ4v) is 4.12. The van der Waals surface area contributed by atoms with Crippen molar-refractivity contribution in [2.24, 2.45) is 0 Å². The second-order valence-electron chi connectivity index (χ2n) is 9.58. The standard InChI is InChI=1S/C25H31N3O3/c1-17-5-7-18(8-6-17)14-28-15-19-13-20(9-10-22(19)23(28)29)26-21-11-12-27(16-21)24(30)31-25(2,3)4/h5-10,13,21,26H,11-12,14-16H2,1-4H3. The molecule has 2 aliphatic rings. The lowest BCUT2D eigenvalue weighted by Crippen LogP contribution is -2.36. The molecule has 0 aromatic heterocycles. The van der Waals surface area contributed by atoms with Gasteiger partial charge in [0.05, 0.1) is 0 Å². The van der Waals surface area contributed by atoms with Gasteiger partial charge in [-0.15, -0.1) is 0 Å². The molecule has 1 N–H and O–H groups in total. The first kappa shape index (κ1) is 21.2. The number of anilines is 1. The van der Waals surface area contributed by atoms with Crippen LogP contribution in [0.2, 0.25) is 0 Å². The van der Waals surface area contributed by atoms with Crippen molar-refractivity contribution in [1.29, 1.82) is 0 Å². The van der Waals surface area contributed by atoms with Crippen molar-refractivity contribution in [3.05, 3.63) is 64.7 Å². The summed E-state index contributed by atoms with van der Waals surface area (Å²) in [6, 6.07) is 14.4. The summed E-state index contributed by atoms with van der Waals surface area (Å²) < 4.78 is 5.48. The van der Waals surface area contributed by atoms with Crippen molar-refractivity contribution in [2.75, 3.05) is 18.4 Å². The van der Waals surface area contributed by atoms with Gasteiger partial charge in [-0.2, -0.15) is 0 Å². The summed E-state index contributed by atoms with van der Waals surface area (Å²) in [6.07, 6.45) is 0.609. The molecule has 2 aromatic rings. The summed E-state index contributed by atoms with van der Waals surface area (Å²) in [5.74, 6) is 0.0825. The number of benzene rings is 2. The molecule has 1 saturated heterocycles. The Bertz CT molecular complexity index is 978. The zero-order chi connectivity index (χ0) is 22.2. The van der Waals surface area contributed by atoms with Crippen molar-refractivity contribution >= 4 is 17.7 Å². The molecule has 0 aliphatic carbocycles. The van der Waals surface area contributed by atoms with E-state index in [9.17, 15) is 9.59 Å². The number of carbonyl (C=O) groups excluding carboxylic acids is 2. The molecule has 2 heterocycles. The Kier molecular flexibility index (Phi) is 5.65. The van der Waals surface area contributed by atoms with E-state index in [0.29, 0.717) is 26.2 Å². The average Bonchev–Trinajstić information content (AvgIpc) is 3.27. The van der Waals surface area contributed by atoms with Gasteiger partial charge < -0.3 is 19.9 Å². The second-order valence-corrected chi connectivity index (χ2v) is 9.58. The molecular formula is C25H31N3O3. The van der Waals surface area contributed by atoms with Gasteiger partial charge in [-0.1, -0.05) is 29.8 Å². The number of ether oxygens (including phenoxy) is 1. The maximum absolute atomic E-state index is 12.8. The molecule has 4 rings (SSSR count). The number of nitrogens with one attached hydrogen (secondary N) is 1. The van der Waals surface area contributed by atoms with E-state index >= 15 is 0 Å². The fraction of sp³-hybridized carbons (Fsp3) is 0.440. The largest absolute Gasteiger partial charge is 0.444 e. The molecular weight excluding hydrogens is 390 g/mol. The van der Waals surface area contributed by atoms with Crippen LogP contribution in [0.15, 0.2) is 42.5 Å². The molecule has 2 amide bonds. The van der Waals surface area contributed by atoms with Crippen LogP contribution in [0.4, 0.5) is 10.5 Å². The number of aryl methyl sites for hydroxylation is 1. The van der Waals surface area contributed by atoms with Gasteiger partial charge in [0.2, 0.25) is 0 Å². The molecule has 1 unspecified atom stereocenters. The number of hydrogen-bond donors (Lipinski definition) is 1. The van der Waals surface area contributed by atoms with E-state index in [2.05, 4.69) is 42.6 Å². The molecule has 0 radical (unpaired) electrons. The Hall–Kier alpha value is -3.02. The van der Waals surface area contributed by atoms with E-state index in [1.807, 2.05) is 37.8 Å². The van der Waals surface area contributed by atoms with Crippen LogP contribution in [-0.2, 0) is 17.8 Å². The number of amides is 2. The third-order valence-corrected chi connectivity index (χ3v) is 5.69. The maximum Gasteiger partial charge on any atom is 0.410 e. The van der Waals surface area contributed by atoms with Crippen LogP contribution in [0.25, 0.3) is 0 Å². The average molecular weight is 422 g/mol. The Morgan fingerprint density at radius 3 is 2.61 bits per heavy atom. The Morgan fingerprint density at radius 2 is 1.90 bits per heavy atom. The minimum absolute atomic E-state index is 0.0825. The molecule has 1 atom stereocenters. The van der Waals surface area contributed by atoms with Gasteiger partial charge in [-0.25, -0.2) is 4.79 Å². The topological polar surface area (TPSA) is 61.9 Å². The van der Waals surface area contributed by atoms with Crippen LogP contribution in [0, 0.1) is 6.92 Å². The molecule has 0 saturated carbocycles. The number of carbonyl (C=O) groups is 2. The minimum Gasteiger partial charge on any atom is -0.444 e. The predicted octanol–water partition coefficient (Wildman–Crippen LogP) is 4.57. The summed E-state index contributed by atoms with van der Waals surface area (Å²) in [7, 11) is 0. The zero-order valence-corrected chi connectivity index (χ0v) is 18.8. The van der Waals surface area contributed by atoms with Crippen LogP contribution in [-0.4, -0.2) is 46.5 Å². The quantitative estimate of drug-likeness (QED) is 0.785. The first-order valence-corrected chi connectivity index (χ1v) is 10.9. The van der Waals surface area contributed by atoms with Crippen molar-refractivity contribution in [2.45, 2.75) is 58.8 Å². The van der Waals surface area contributed by atoms with E-state index in [-0.39, 0.29) is 18.0 Å². The maximum atomic E-state index is 12.8. The molecule has 2 aliphatic heterocycles. The van der Waals surface area contributed by atoms with Gasteiger partial charge in [0, 0.05) is 43.5 Å². The van der Waals surface area contributed by atoms with Crippen molar-refractivity contribution in [3.63, 3.8) is 0 Å². The summed E-state index contributed by atoms with van der Waals surface area (Å²) in [5, 5.41) is 3.52. The highest BCUT2D eigenvalue weighted by Gasteiger charge is 2.31. The van der Waals surface area contributed by atoms with E-state index in [1.54, 1.807) is 4.90 Å². The number of hydrogen-bond acceptors (Lipinski definition) is 4. The molecule has 1 fully saturated rings. The number of fused-ring (bicyclic) bond motifs is 1. The van der Waals surface area contributed by atoms with Crippen LogP contribution < -0.4 is 5.32 Å². The second kappa shape index (κ2) is 8.25. The molecule has 31 heavy (non-hydrogen) atoms. The highest BCUT2D eigenvalue weighted by molar-refractivity contribution is 5.98. The molecule has 6 heteroatoms. The van der Waals surface area contributed by atoms with Crippen molar-refractivity contribution in [1.82, 2.24) is 9.80 Å². The van der Waals surface area contributed by atoms with Gasteiger partial charge in [-0.3, -0.25) is 4.79 Å². The first-order valence-electron chi connectivity index (χ1n) is 10.9. The van der Waals surface area contributed by atoms with Crippen molar-refractivity contribution < 1.29 is 14.3 Å². The first-order chi connectivity index (χ1) is 14.7. The summed E-state index contributed by atoms with van der Waals surface area (Å²) in [4.78, 5) is 28.7. The van der Waals surface area contributed by atoms with E-state index in [1.165, 1.54) is 5.56 Å². The number of nitrogens with zero attached hydrogens (tertiary/aromatic N) is 2. The highest BCUT2D eigenvalue weighted by Crippen LogP contribution is 2.28. The van der Waals surface area contributed by atoms with E-state index in [0.717, 1.165) is 28.8 Å². The third kappa shape index (κ3) is 5.01. The van der Waals surface area contributed by atoms with Gasteiger partial charge >= 0.3 is 6.09 Å². The SMILES string of the molecule is Cc1ccc(CN2Cc3cc(NC4CCN(C(=O)OC(C)(C)C)C4)ccc3C2=O)cc1. The van der Waals surface area contributed by atoms with Gasteiger partial charge in [0.15, 0.2) is 0 Å². The van der Waals surface area contributed by atoms with Gasteiger partial charge in [-0.05, 0) is 63.4 Å². The van der Waals surface area contributed by atoms with E-state index in [4.69, 9.17) is 4.74 Å².